The van der Waals surface area contributed by atoms with E-state index in [4.69, 9.17) is 15.2 Å². The summed E-state index contributed by atoms with van der Waals surface area (Å²) in [5, 5.41) is 2.86. The Labute approximate surface area is 242 Å². The fraction of sp³-hybridized carbons (Fsp3) is 0.267. The second kappa shape index (κ2) is 11.1. The van der Waals surface area contributed by atoms with E-state index in [1.165, 1.54) is 31.4 Å². The zero-order valence-corrected chi connectivity index (χ0v) is 22.9. The largest absolute Gasteiger partial charge is 0.494 e. The quantitative estimate of drug-likeness (QED) is 0.278. The van der Waals surface area contributed by atoms with E-state index < -0.39 is 60.7 Å². The van der Waals surface area contributed by atoms with Crippen LogP contribution in [0.25, 0.3) is 22.2 Å². The Hall–Kier alpha value is -4.81. The molecule has 2 aromatic carbocycles. The lowest BCUT2D eigenvalue weighted by atomic mass is 9.81. The molecule has 2 amide bonds. The van der Waals surface area contributed by atoms with Gasteiger partial charge in [0.1, 0.15) is 53.1 Å². The second-order valence-corrected chi connectivity index (χ2v) is 10.2. The zero-order valence-electron chi connectivity index (χ0n) is 22.9. The van der Waals surface area contributed by atoms with Crippen molar-refractivity contribution in [3.8, 4) is 22.8 Å². The number of nitrogens with one attached hydrogen (secondary N) is 1. The number of halogens is 5. The van der Waals surface area contributed by atoms with Crippen LogP contribution in [0.5, 0.6) is 11.5 Å². The van der Waals surface area contributed by atoms with Crippen molar-refractivity contribution in [2.75, 3.05) is 26.9 Å². The number of aryl methyl sites for hydroxylation is 1. The highest BCUT2D eigenvalue weighted by atomic mass is 19.4. The number of benzene rings is 2. The lowest BCUT2D eigenvalue weighted by Crippen LogP contribution is -2.44. The van der Waals surface area contributed by atoms with Crippen LogP contribution in [-0.4, -0.2) is 54.9 Å². The molecule has 0 saturated carbocycles. The van der Waals surface area contributed by atoms with Gasteiger partial charge in [-0.15, -0.1) is 0 Å². The molecule has 5 rings (SSSR count). The first kappa shape index (κ1) is 29.7. The van der Waals surface area contributed by atoms with Gasteiger partial charge in [0, 0.05) is 34.8 Å². The van der Waals surface area contributed by atoms with Crippen molar-refractivity contribution in [3.05, 3.63) is 82.9 Å². The highest BCUT2D eigenvalue weighted by Gasteiger charge is 2.50. The fourth-order valence-corrected chi connectivity index (χ4v) is 4.99. The van der Waals surface area contributed by atoms with Gasteiger partial charge in [0.15, 0.2) is 0 Å². The molecule has 224 valence electrons. The third kappa shape index (κ3) is 5.42. The Balaban J connectivity index is 1.56. The number of nitrogens with two attached hydrogens (primary N) is 1. The highest BCUT2D eigenvalue weighted by molar-refractivity contribution is 6.00. The van der Waals surface area contributed by atoms with E-state index >= 15 is 0 Å². The van der Waals surface area contributed by atoms with Crippen molar-refractivity contribution in [2.45, 2.75) is 24.4 Å². The molecule has 3 N–H and O–H groups in total. The van der Waals surface area contributed by atoms with Crippen LogP contribution in [0.4, 0.5) is 22.0 Å². The molecule has 1 unspecified atom stereocenters. The van der Waals surface area contributed by atoms with Crippen LogP contribution in [0, 0.1) is 12.7 Å². The summed E-state index contributed by atoms with van der Waals surface area (Å²) >= 11 is 0. The molecule has 1 aliphatic rings. The minimum absolute atomic E-state index is 0.0326. The lowest BCUT2D eigenvalue weighted by molar-refractivity contribution is -0.149. The van der Waals surface area contributed by atoms with Gasteiger partial charge in [-0.3, -0.25) is 14.6 Å². The minimum atomic E-state index is -4.94. The van der Waals surface area contributed by atoms with Crippen molar-refractivity contribution in [3.63, 3.8) is 0 Å². The number of pyridine rings is 2. The number of primary amides is 1. The number of aromatic nitrogens is 2. The molecule has 13 heteroatoms. The third-order valence-electron chi connectivity index (χ3n) is 7.37. The van der Waals surface area contributed by atoms with Gasteiger partial charge in [-0.05, 0) is 61.0 Å². The molecular formula is C30H25F5N4O4. The lowest BCUT2D eigenvalue weighted by Gasteiger charge is -2.24. The molecule has 0 spiro atoms. The molecule has 4 aromatic rings. The van der Waals surface area contributed by atoms with Gasteiger partial charge in [0.05, 0.1) is 12.8 Å². The van der Waals surface area contributed by atoms with E-state index in [2.05, 4.69) is 15.3 Å². The first-order valence-corrected chi connectivity index (χ1v) is 13.0. The maximum atomic E-state index is 14.5. The smallest absolute Gasteiger partial charge is 0.398 e. The first-order chi connectivity index (χ1) is 20.4. The van der Waals surface area contributed by atoms with Crippen LogP contribution in [0.3, 0.4) is 0 Å². The van der Waals surface area contributed by atoms with Crippen LogP contribution in [-0.2, 0) is 10.2 Å². The summed E-state index contributed by atoms with van der Waals surface area (Å²) in [6.45, 7) is -1.06. The summed E-state index contributed by atoms with van der Waals surface area (Å²) in [7, 11) is 1.38. The molecule has 0 bridgehead atoms. The highest BCUT2D eigenvalue weighted by Crippen LogP contribution is 2.47. The molecule has 8 nitrogen and oxygen atoms in total. The number of methoxy groups -OCH3 is 1. The predicted octanol–water partition coefficient (Wildman–Crippen LogP) is 4.91. The summed E-state index contributed by atoms with van der Waals surface area (Å²) < 4.78 is 82.5. The number of rotatable bonds is 8. The van der Waals surface area contributed by atoms with Crippen molar-refractivity contribution < 1.29 is 41.0 Å². The Morgan fingerprint density at radius 3 is 2.51 bits per heavy atom. The summed E-state index contributed by atoms with van der Waals surface area (Å²) in [6, 6.07) is 10.2. The van der Waals surface area contributed by atoms with Gasteiger partial charge in [0.25, 0.3) is 5.91 Å². The molecule has 0 radical (unpaired) electrons. The number of hydrogen-bond donors (Lipinski definition) is 2. The number of carbonyl (C=O) groups excluding carboxylic acids is 2. The van der Waals surface area contributed by atoms with Gasteiger partial charge in [-0.2, -0.15) is 13.2 Å². The molecule has 2 aromatic heterocycles. The van der Waals surface area contributed by atoms with Crippen LogP contribution >= 0.6 is 0 Å². The summed E-state index contributed by atoms with van der Waals surface area (Å²) in [5.41, 5.74) is 3.91. The van der Waals surface area contributed by atoms with Crippen molar-refractivity contribution >= 4 is 22.7 Å². The molecule has 2 atom stereocenters. The van der Waals surface area contributed by atoms with Gasteiger partial charge in [-0.25, -0.2) is 13.8 Å². The normalized spacial score (nSPS) is 16.8. The zero-order chi connectivity index (χ0) is 31.1. The number of hydrogen-bond acceptors (Lipinski definition) is 6. The second-order valence-electron chi connectivity index (χ2n) is 10.2. The first-order valence-electron chi connectivity index (χ1n) is 13.0. The predicted molar refractivity (Wildman–Crippen MR) is 146 cm³/mol. The average molecular weight is 601 g/mol. The summed E-state index contributed by atoms with van der Waals surface area (Å²) in [4.78, 5) is 33.9. The fourth-order valence-electron chi connectivity index (χ4n) is 4.99. The number of ether oxygens (including phenoxy) is 2. The van der Waals surface area contributed by atoms with E-state index in [0.29, 0.717) is 10.9 Å². The molecule has 43 heavy (non-hydrogen) atoms. The SMILES string of the molecule is COc1cc(C(=O)NCC(c2cc3c(c(-c4ccc(F)cc4)n2)OC[C@]3(CF)C(N)=O)C(F)(F)F)cc2cc(C)cnc12. The summed E-state index contributed by atoms with van der Waals surface area (Å²) in [6.07, 6.45) is -3.33. The maximum absolute atomic E-state index is 14.5. The molecule has 1 aliphatic heterocycles. The topological polar surface area (TPSA) is 116 Å². The van der Waals surface area contributed by atoms with Crippen molar-refractivity contribution in [2.24, 2.45) is 5.73 Å². The van der Waals surface area contributed by atoms with Gasteiger partial charge < -0.3 is 20.5 Å². The van der Waals surface area contributed by atoms with Gasteiger partial charge >= 0.3 is 6.18 Å². The Kier molecular flexibility index (Phi) is 7.67. The minimum Gasteiger partial charge on any atom is -0.494 e. The van der Waals surface area contributed by atoms with Crippen LogP contribution in [0.15, 0.2) is 54.7 Å². The van der Waals surface area contributed by atoms with Crippen molar-refractivity contribution in [1.29, 1.82) is 0 Å². The Bertz CT molecular complexity index is 1730. The average Bonchev–Trinajstić information content (AvgIpc) is 3.35. The third-order valence-corrected chi connectivity index (χ3v) is 7.37. The van der Waals surface area contributed by atoms with Crippen molar-refractivity contribution in [1.82, 2.24) is 15.3 Å². The Morgan fingerprint density at radius 2 is 1.88 bits per heavy atom. The molecular weight excluding hydrogens is 575 g/mol. The molecule has 0 saturated heterocycles. The number of fused-ring (bicyclic) bond motifs is 2. The van der Waals surface area contributed by atoms with Gasteiger partial charge in [-0.1, -0.05) is 0 Å². The number of amides is 2. The monoisotopic (exact) mass is 600 g/mol. The Morgan fingerprint density at radius 1 is 1.16 bits per heavy atom. The van der Waals surface area contributed by atoms with Gasteiger partial charge in [0.2, 0.25) is 5.91 Å². The van der Waals surface area contributed by atoms with Crippen LogP contribution < -0.4 is 20.5 Å². The van der Waals surface area contributed by atoms with E-state index in [0.717, 1.165) is 23.8 Å². The summed E-state index contributed by atoms with van der Waals surface area (Å²) in [5.74, 6) is -4.84. The van der Waals surface area contributed by atoms with E-state index in [-0.39, 0.29) is 33.9 Å². The molecule has 0 aliphatic carbocycles. The van der Waals surface area contributed by atoms with E-state index in [1.807, 2.05) is 0 Å². The van der Waals surface area contributed by atoms with Crippen LogP contribution in [0.1, 0.15) is 33.1 Å². The van der Waals surface area contributed by atoms with E-state index in [9.17, 15) is 31.5 Å². The maximum Gasteiger partial charge on any atom is 0.398 e. The standard InChI is InChI=1S/C30H25F5N4O4/c1-15-7-17-8-18(9-23(42-2)24(17)37-11-15)27(40)38-12-21(30(33,34)35)22-10-20-26(43-14-29(20,13-31)28(36)41)25(39-22)16-3-5-19(32)6-4-16/h3-11,21H,12-14H2,1-2H3,(H2,36,41)(H,38,40)/t21?,29-/m0/s1. The van der Waals surface area contributed by atoms with Crippen LogP contribution in [0.2, 0.25) is 0 Å². The number of alkyl halides is 4. The molecule has 3 heterocycles. The molecule has 0 fully saturated rings. The number of nitrogens with zero attached hydrogens (tertiary/aromatic N) is 2. The van der Waals surface area contributed by atoms with E-state index in [1.54, 1.807) is 19.2 Å². The number of carbonyl (C=O) groups is 2.